The van der Waals surface area contributed by atoms with E-state index in [1.807, 2.05) is 24.3 Å². The number of sulfonamides is 1. The Balaban J connectivity index is 1.80. The largest absolute Gasteiger partial charge is 0.311 e. The van der Waals surface area contributed by atoms with Crippen molar-refractivity contribution in [2.75, 3.05) is 25.0 Å². The summed E-state index contributed by atoms with van der Waals surface area (Å²) < 4.78 is 26.5. The van der Waals surface area contributed by atoms with Crippen molar-refractivity contribution >= 4 is 21.6 Å². The van der Waals surface area contributed by atoms with Gasteiger partial charge in [0.05, 0.1) is 17.9 Å². The fraction of sp³-hybridized carbons (Fsp3) is 0.375. The second-order valence-electron chi connectivity index (χ2n) is 5.95. The second-order valence-corrected chi connectivity index (χ2v) is 7.93. The number of H-pyrrole nitrogens is 1. The predicted molar refractivity (Wildman–Crippen MR) is 90.4 cm³/mol. The third-order valence-electron chi connectivity index (χ3n) is 4.27. The van der Waals surface area contributed by atoms with Gasteiger partial charge in [-0.05, 0) is 31.9 Å². The molecule has 0 unspecified atom stereocenters. The van der Waals surface area contributed by atoms with Gasteiger partial charge in [-0.15, -0.1) is 0 Å². The zero-order chi connectivity index (χ0) is 17.5. The van der Waals surface area contributed by atoms with Crippen molar-refractivity contribution in [3.63, 3.8) is 0 Å². The Morgan fingerprint density at radius 1 is 1.33 bits per heavy atom. The zero-order valence-electron chi connectivity index (χ0n) is 13.9. The van der Waals surface area contributed by atoms with E-state index in [0.29, 0.717) is 17.9 Å². The van der Waals surface area contributed by atoms with Crippen LogP contribution in [0.1, 0.15) is 17.0 Å². The van der Waals surface area contributed by atoms with E-state index in [4.69, 9.17) is 0 Å². The second kappa shape index (κ2) is 6.03. The standard InChI is InChI=1S/C16H20N4O3S/c1-11-16(12(2)18-17-11)24(22,23)19(3)10-15(21)20-9-8-13-6-4-5-7-14(13)20/h4-7H,8-10H2,1-3H3,(H,17,18). The Morgan fingerprint density at radius 2 is 2.04 bits per heavy atom. The average Bonchev–Trinajstić information content (AvgIpc) is 3.10. The SMILES string of the molecule is Cc1n[nH]c(C)c1S(=O)(=O)N(C)CC(=O)N1CCc2ccccc21. The lowest BCUT2D eigenvalue weighted by Crippen LogP contribution is -2.40. The number of benzene rings is 1. The van der Waals surface area contributed by atoms with Crippen molar-refractivity contribution < 1.29 is 13.2 Å². The smallest absolute Gasteiger partial charge is 0.246 e. The minimum Gasteiger partial charge on any atom is -0.311 e. The molecule has 1 aromatic carbocycles. The van der Waals surface area contributed by atoms with Crippen LogP contribution in [0.2, 0.25) is 0 Å². The Kier molecular flexibility index (Phi) is 4.18. The van der Waals surface area contributed by atoms with Crippen molar-refractivity contribution in [1.82, 2.24) is 14.5 Å². The number of hydrogen-bond donors (Lipinski definition) is 1. The first-order valence-electron chi connectivity index (χ1n) is 7.68. The lowest BCUT2D eigenvalue weighted by atomic mass is 10.2. The quantitative estimate of drug-likeness (QED) is 0.900. The molecule has 7 nitrogen and oxygen atoms in total. The number of amides is 1. The first kappa shape index (κ1) is 16.7. The molecule has 0 spiro atoms. The van der Waals surface area contributed by atoms with Gasteiger partial charge in [0.25, 0.3) is 0 Å². The molecule has 1 N–H and O–H groups in total. The van der Waals surface area contributed by atoms with Crippen molar-refractivity contribution in [2.24, 2.45) is 0 Å². The van der Waals surface area contributed by atoms with E-state index in [-0.39, 0.29) is 17.3 Å². The maximum absolute atomic E-state index is 12.7. The van der Waals surface area contributed by atoms with E-state index in [2.05, 4.69) is 10.2 Å². The Morgan fingerprint density at radius 3 is 2.71 bits per heavy atom. The molecule has 1 aromatic heterocycles. The zero-order valence-corrected chi connectivity index (χ0v) is 14.7. The molecule has 0 saturated carbocycles. The summed E-state index contributed by atoms with van der Waals surface area (Å²) >= 11 is 0. The van der Waals surface area contributed by atoms with Crippen LogP contribution in [0.4, 0.5) is 5.69 Å². The molecule has 128 valence electrons. The maximum atomic E-state index is 12.7. The first-order chi connectivity index (χ1) is 11.3. The fourth-order valence-corrected chi connectivity index (χ4v) is 4.48. The third kappa shape index (κ3) is 2.71. The van der Waals surface area contributed by atoms with Crippen LogP contribution in [0, 0.1) is 13.8 Å². The van der Waals surface area contributed by atoms with Gasteiger partial charge in [0.2, 0.25) is 15.9 Å². The van der Waals surface area contributed by atoms with Crippen LogP contribution in [0.5, 0.6) is 0 Å². The highest BCUT2D eigenvalue weighted by molar-refractivity contribution is 7.89. The molecule has 8 heteroatoms. The molecule has 1 aliphatic heterocycles. The summed E-state index contributed by atoms with van der Waals surface area (Å²) in [7, 11) is -2.35. The normalized spacial score (nSPS) is 14.2. The van der Waals surface area contributed by atoms with Gasteiger partial charge >= 0.3 is 0 Å². The highest BCUT2D eigenvalue weighted by Crippen LogP contribution is 2.28. The van der Waals surface area contributed by atoms with Crippen LogP contribution in [0.25, 0.3) is 0 Å². The number of carbonyl (C=O) groups excluding carboxylic acids is 1. The van der Waals surface area contributed by atoms with E-state index in [1.165, 1.54) is 7.05 Å². The van der Waals surface area contributed by atoms with Crippen LogP contribution < -0.4 is 4.90 Å². The number of carbonyl (C=O) groups is 1. The van der Waals surface area contributed by atoms with E-state index in [9.17, 15) is 13.2 Å². The number of aromatic nitrogens is 2. The Bertz CT molecular complexity index is 869. The molecule has 0 saturated heterocycles. The molecule has 0 fully saturated rings. The van der Waals surface area contributed by atoms with Gasteiger partial charge in [0, 0.05) is 19.3 Å². The summed E-state index contributed by atoms with van der Waals surface area (Å²) in [6.07, 6.45) is 0.790. The van der Waals surface area contributed by atoms with Crippen LogP contribution in [-0.4, -0.2) is 49.0 Å². The lowest BCUT2D eigenvalue weighted by Gasteiger charge is -2.22. The monoisotopic (exact) mass is 348 g/mol. The van der Waals surface area contributed by atoms with E-state index in [0.717, 1.165) is 22.0 Å². The van der Waals surface area contributed by atoms with Crippen LogP contribution in [0.3, 0.4) is 0 Å². The van der Waals surface area contributed by atoms with Crippen LogP contribution in [0.15, 0.2) is 29.2 Å². The third-order valence-corrected chi connectivity index (χ3v) is 6.34. The van der Waals surface area contributed by atoms with Gasteiger partial charge in [-0.2, -0.15) is 9.40 Å². The molecule has 1 aliphatic rings. The van der Waals surface area contributed by atoms with Crippen LogP contribution in [-0.2, 0) is 21.2 Å². The number of nitrogens with one attached hydrogen (secondary N) is 1. The molecule has 1 amide bonds. The summed E-state index contributed by atoms with van der Waals surface area (Å²) in [6.45, 7) is 3.65. The first-order valence-corrected chi connectivity index (χ1v) is 9.12. The molecule has 0 atom stereocenters. The van der Waals surface area contributed by atoms with E-state index >= 15 is 0 Å². The highest BCUT2D eigenvalue weighted by Gasteiger charge is 2.31. The van der Waals surface area contributed by atoms with Crippen molar-refractivity contribution in [1.29, 1.82) is 0 Å². The Labute approximate surface area is 141 Å². The van der Waals surface area contributed by atoms with Gasteiger partial charge in [0.1, 0.15) is 4.90 Å². The Hall–Kier alpha value is -2.19. The average molecular weight is 348 g/mol. The predicted octanol–water partition coefficient (Wildman–Crippen LogP) is 1.24. The van der Waals surface area contributed by atoms with E-state index < -0.39 is 10.0 Å². The van der Waals surface area contributed by atoms with Gasteiger partial charge in [-0.3, -0.25) is 9.89 Å². The topological polar surface area (TPSA) is 86.4 Å². The molecule has 0 aliphatic carbocycles. The number of para-hydroxylation sites is 1. The number of fused-ring (bicyclic) bond motifs is 1. The number of hydrogen-bond acceptors (Lipinski definition) is 4. The minimum absolute atomic E-state index is 0.139. The summed E-state index contributed by atoms with van der Waals surface area (Å²) in [4.78, 5) is 14.4. The lowest BCUT2D eigenvalue weighted by molar-refractivity contribution is -0.118. The molecule has 24 heavy (non-hydrogen) atoms. The molecule has 0 bridgehead atoms. The van der Waals surface area contributed by atoms with Crippen LogP contribution >= 0.6 is 0 Å². The molecular formula is C16H20N4O3S. The number of rotatable bonds is 4. The number of nitrogens with zero attached hydrogens (tertiary/aromatic N) is 3. The molecule has 2 aromatic rings. The summed E-state index contributed by atoms with van der Waals surface area (Å²) in [5.41, 5.74) is 2.85. The molecule has 2 heterocycles. The molecular weight excluding hydrogens is 328 g/mol. The number of likely N-dealkylation sites (N-methyl/N-ethyl adjacent to an activating group) is 1. The van der Waals surface area contributed by atoms with Gasteiger partial charge < -0.3 is 4.90 Å². The van der Waals surface area contributed by atoms with Crippen molar-refractivity contribution in [3.8, 4) is 0 Å². The summed E-state index contributed by atoms with van der Waals surface area (Å²) in [5, 5.41) is 6.59. The minimum atomic E-state index is -3.77. The van der Waals surface area contributed by atoms with Gasteiger partial charge in [0.15, 0.2) is 0 Å². The number of anilines is 1. The highest BCUT2D eigenvalue weighted by atomic mass is 32.2. The fourth-order valence-electron chi connectivity index (χ4n) is 3.03. The molecule has 3 rings (SSSR count). The van der Waals surface area contributed by atoms with E-state index in [1.54, 1.807) is 18.7 Å². The number of aromatic amines is 1. The summed E-state index contributed by atoms with van der Waals surface area (Å²) in [6, 6.07) is 7.69. The molecule has 0 radical (unpaired) electrons. The van der Waals surface area contributed by atoms with Crippen molar-refractivity contribution in [2.45, 2.75) is 25.2 Å². The van der Waals surface area contributed by atoms with Gasteiger partial charge in [-0.25, -0.2) is 8.42 Å². The van der Waals surface area contributed by atoms with Crippen molar-refractivity contribution in [3.05, 3.63) is 41.2 Å². The summed E-state index contributed by atoms with van der Waals surface area (Å²) in [5.74, 6) is -0.232. The maximum Gasteiger partial charge on any atom is 0.246 e. The van der Waals surface area contributed by atoms with Gasteiger partial charge in [-0.1, -0.05) is 18.2 Å². The number of aryl methyl sites for hydroxylation is 2.